The lowest BCUT2D eigenvalue weighted by Gasteiger charge is -2.26. The predicted octanol–water partition coefficient (Wildman–Crippen LogP) is 1.97. The summed E-state index contributed by atoms with van der Waals surface area (Å²) in [6.45, 7) is 2.48. The lowest BCUT2D eigenvalue weighted by Crippen LogP contribution is -2.52. The molecular weight excluding hydrogens is 380 g/mol. The zero-order chi connectivity index (χ0) is 20.3. The third-order valence-electron chi connectivity index (χ3n) is 4.30. The van der Waals surface area contributed by atoms with E-state index in [1.165, 1.54) is 23.4 Å². The van der Waals surface area contributed by atoms with Gasteiger partial charge in [-0.3, -0.25) is 9.59 Å². The largest absolute Gasteiger partial charge is 0.494 e. The number of thioether (sulfide) groups is 1. The maximum absolute atomic E-state index is 12.6. The van der Waals surface area contributed by atoms with Crippen molar-refractivity contribution >= 4 is 47.3 Å². The Bertz CT molecular complexity index is 905. The molecule has 4 amide bonds. The number of hydrogen-bond donors (Lipinski definition) is 1. The highest BCUT2D eigenvalue weighted by molar-refractivity contribution is 8.03. The SMILES string of the molecule is CCOc1ccc(NC(=O)CSC2=CC=NC3=[N+](C)C(=O)N(C)C(=O)C23)cc1. The fraction of sp³-hybridized carbons (Fsp3) is 0.316. The number of allylic oxidation sites excluding steroid dienone is 1. The number of carbonyl (C=O) groups is 3. The van der Waals surface area contributed by atoms with Crippen LogP contribution in [0.5, 0.6) is 5.75 Å². The van der Waals surface area contributed by atoms with E-state index < -0.39 is 11.9 Å². The van der Waals surface area contributed by atoms with E-state index in [-0.39, 0.29) is 17.6 Å². The molecule has 1 aromatic carbocycles. The number of nitrogens with zero attached hydrogens (tertiary/aromatic N) is 3. The number of ether oxygens (including phenoxy) is 1. The Kier molecular flexibility index (Phi) is 5.93. The molecule has 0 saturated heterocycles. The predicted molar refractivity (Wildman–Crippen MR) is 108 cm³/mol. The van der Waals surface area contributed by atoms with E-state index >= 15 is 0 Å². The smallest absolute Gasteiger partial charge is 0.445 e. The van der Waals surface area contributed by atoms with Crippen LogP contribution < -0.4 is 10.1 Å². The summed E-state index contributed by atoms with van der Waals surface area (Å²) in [6.07, 6.45) is 3.25. The van der Waals surface area contributed by atoms with Crippen molar-refractivity contribution in [1.82, 2.24) is 4.90 Å². The number of imide groups is 1. The van der Waals surface area contributed by atoms with E-state index in [4.69, 9.17) is 4.74 Å². The Balaban J connectivity index is 1.64. The fourth-order valence-electron chi connectivity index (χ4n) is 2.89. The normalized spacial score (nSPS) is 18.8. The van der Waals surface area contributed by atoms with Crippen molar-refractivity contribution in [3.63, 3.8) is 0 Å². The van der Waals surface area contributed by atoms with Gasteiger partial charge in [0, 0.05) is 10.6 Å². The second-order valence-corrected chi connectivity index (χ2v) is 7.22. The van der Waals surface area contributed by atoms with Crippen molar-refractivity contribution in [2.45, 2.75) is 6.92 Å². The van der Waals surface area contributed by atoms with E-state index in [1.807, 2.05) is 6.92 Å². The van der Waals surface area contributed by atoms with Gasteiger partial charge in [0.1, 0.15) is 12.0 Å². The molecule has 28 heavy (non-hydrogen) atoms. The fourth-order valence-corrected chi connectivity index (χ4v) is 3.79. The number of amides is 4. The molecule has 3 rings (SSSR count). The molecule has 1 aromatic rings. The molecule has 0 saturated carbocycles. The maximum atomic E-state index is 12.6. The van der Waals surface area contributed by atoms with Gasteiger partial charge in [0.25, 0.3) is 5.84 Å². The van der Waals surface area contributed by atoms with Gasteiger partial charge < -0.3 is 10.1 Å². The first-order chi connectivity index (χ1) is 13.4. The minimum Gasteiger partial charge on any atom is -0.494 e. The van der Waals surface area contributed by atoms with Crippen LogP contribution in [0.15, 0.2) is 40.2 Å². The summed E-state index contributed by atoms with van der Waals surface area (Å²) in [5.74, 6) is 0.0423. The van der Waals surface area contributed by atoms with Crippen molar-refractivity contribution in [3.05, 3.63) is 35.2 Å². The number of urea groups is 1. The molecule has 9 heteroatoms. The zero-order valence-corrected chi connectivity index (χ0v) is 16.7. The molecule has 0 aromatic heterocycles. The third kappa shape index (κ3) is 3.99. The summed E-state index contributed by atoms with van der Waals surface area (Å²) in [6, 6.07) is 6.69. The first kappa shape index (κ1) is 19.8. The van der Waals surface area contributed by atoms with Crippen LogP contribution in [0.3, 0.4) is 0 Å². The Morgan fingerprint density at radius 3 is 2.71 bits per heavy atom. The molecule has 0 bridgehead atoms. The van der Waals surface area contributed by atoms with Crippen LogP contribution in [0.25, 0.3) is 0 Å². The van der Waals surface area contributed by atoms with Gasteiger partial charge in [-0.15, -0.1) is 16.8 Å². The Morgan fingerprint density at radius 1 is 1.32 bits per heavy atom. The van der Waals surface area contributed by atoms with Crippen molar-refractivity contribution < 1.29 is 23.7 Å². The molecule has 0 spiro atoms. The van der Waals surface area contributed by atoms with E-state index in [1.54, 1.807) is 43.6 Å². The van der Waals surface area contributed by atoms with Gasteiger partial charge in [-0.1, -0.05) is 0 Å². The number of nitrogens with one attached hydrogen (secondary N) is 1. The van der Waals surface area contributed by atoms with Crippen LogP contribution >= 0.6 is 11.8 Å². The Morgan fingerprint density at radius 2 is 2.04 bits per heavy atom. The molecule has 0 aliphatic carbocycles. The van der Waals surface area contributed by atoms with Gasteiger partial charge >= 0.3 is 11.9 Å². The number of hydrogen-bond acceptors (Lipinski definition) is 6. The standard InChI is InChI=1S/C19H20N4O4S/c1-4-27-13-7-5-12(6-8-13)21-15(24)11-28-14-9-10-20-17-16(14)18(25)23(3)19(26)22(17)2/h5-10,16H,4,11H2,1-3H3/p+1. The molecule has 1 unspecified atom stereocenters. The van der Waals surface area contributed by atoms with Gasteiger partial charge in [0.15, 0.2) is 5.92 Å². The average molecular weight is 401 g/mol. The summed E-state index contributed by atoms with van der Waals surface area (Å²) in [4.78, 5) is 42.9. The van der Waals surface area contributed by atoms with Crippen LogP contribution in [-0.4, -0.2) is 65.8 Å². The van der Waals surface area contributed by atoms with Gasteiger partial charge in [0.05, 0.1) is 26.5 Å². The molecule has 1 N–H and O–H groups in total. The molecule has 2 heterocycles. The number of amidine groups is 1. The quantitative estimate of drug-likeness (QED) is 0.736. The number of carbonyl (C=O) groups excluding carboxylic acids is 3. The van der Waals surface area contributed by atoms with E-state index in [0.717, 1.165) is 10.6 Å². The first-order valence-electron chi connectivity index (χ1n) is 8.74. The maximum Gasteiger partial charge on any atom is 0.445 e. The van der Waals surface area contributed by atoms with Gasteiger partial charge in [0.2, 0.25) is 5.91 Å². The molecule has 2 aliphatic rings. The van der Waals surface area contributed by atoms with Crippen molar-refractivity contribution in [2.75, 3.05) is 31.8 Å². The first-order valence-corrected chi connectivity index (χ1v) is 9.72. The lowest BCUT2D eigenvalue weighted by molar-refractivity contribution is -0.407. The van der Waals surface area contributed by atoms with Crippen LogP contribution in [-0.2, 0) is 9.59 Å². The minimum atomic E-state index is -0.666. The summed E-state index contributed by atoms with van der Waals surface area (Å²) in [7, 11) is 3.02. The van der Waals surface area contributed by atoms with Crippen molar-refractivity contribution in [2.24, 2.45) is 10.9 Å². The topological polar surface area (TPSA) is 91.1 Å². The monoisotopic (exact) mass is 401 g/mol. The number of benzene rings is 1. The van der Waals surface area contributed by atoms with Gasteiger partial charge in [-0.25, -0.2) is 4.79 Å². The molecular formula is C19H21N4O4S+. The molecule has 2 aliphatic heterocycles. The van der Waals surface area contributed by atoms with Crippen LogP contribution in [0.2, 0.25) is 0 Å². The number of fused-ring (bicyclic) bond motifs is 1. The summed E-state index contributed by atoms with van der Waals surface area (Å²) >= 11 is 1.26. The van der Waals surface area contributed by atoms with E-state index in [9.17, 15) is 14.4 Å². The molecule has 0 radical (unpaired) electrons. The minimum absolute atomic E-state index is 0.130. The summed E-state index contributed by atoms with van der Waals surface area (Å²) < 4.78 is 6.73. The Hall–Kier alpha value is -2.94. The van der Waals surface area contributed by atoms with E-state index in [0.29, 0.717) is 23.0 Å². The molecule has 1 atom stereocenters. The highest BCUT2D eigenvalue weighted by Gasteiger charge is 2.47. The summed E-state index contributed by atoms with van der Waals surface area (Å²) in [5, 5.41) is 2.82. The number of aliphatic imine (C=N–C) groups is 1. The molecule has 0 fully saturated rings. The highest BCUT2D eigenvalue weighted by atomic mass is 32.2. The molecule has 146 valence electrons. The average Bonchev–Trinajstić information content (AvgIpc) is 2.70. The van der Waals surface area contributed by atoms with Gasteiger partial charge in [-0.2, -0.15) is 9.48 Å². The number of dihydropyridines is 1. The van der Waals surface area contributed by atoms with Crippen LogP contribution in [0.1, 0.15) is 6.92 Å². The van der Waals surface area contributed by atoms with Crippen LogP contribution in [0, 0.1) is 5.92 Å². The van der Waals surface area contributed by atoms with Gasteiger partial charge in [-0.05, 0) is 37.3 Å². The second kappa shape index (κ2) is 8.39. The zero-order valence-electron chi connectivity index (χ0n) is 15.8. The van der Waals surface area contributed by atoms with E-state index in [2.05, 4.69) is 10.3 Å². The lowest BCUT2D eigenvalue weighted by atomic mass is 10.0. The summed E-state index contributed by atoms with van der Waals surface area (Å²) in [5.41, 5.74) is 0.666. The number of anilines is 1. The van der Waals surface area contributed by atoms with Crippen molar-refractivity contribution in [1.29, 1.82) is 0 Å². The Labute approximate surface area is 167 Å². The molecule has 8 nitrogen and oxygen atoms in total. The second-order valence-electron chi connectivity index (χ2n) is 6.17. The van der Waals surface area contributed by atoms with Crippen molar-refractivity contribution in [3.8, 4) is 5.75 Å². The highest BCUT2D eigenvalue weighted by Crippen LogP contribution is 2.31. The number of rotatable bonds is 6. The third-order valence-corrected chi connectivity index (χ3v) is 5.41. The van der Waals surface area contributed by atoms with Crippen LogP contribution in [0.4, 0.5) is 10.5 Å².